The molecule has 2 amide bonds. The first-order valence-corrected chi connectivity index (χ1v) is 10.7. The SMILES string of the molecule is C[C@H]1Cc2cc(C(=O)N3CCc4nc(N)c(C(=O)N5CCOCC5)cc4C3)ccc2O1. The number of amides is 2. The number of nitrogens with two attached hydrogens (primary N) is 1. The number of carbonyl (C=O) groups excluding carboxylic acids is 2. The van der Waals surface area contributed by atoms with E-state index in [1.165, 1.54) is 0 Å². The second-order valence-corrected chi connectivity index (χ2v) is 8.36. The molecule has 5 rings (SSSR count). The summed E-state index contributed by atoms with van der Waals surface area (Å²) in [5.74, 6) is 0.958. The van der Waals surface area contributed by atoms with E-state index in [1.807, 2.05) is 36.1 Å². The van der Waals surface area contributed by atoms with Crippen molar-refractivity contribution in [2.75, 3.05) is 38.6 Å². The highest BCUT2D eigenvalue weighted by Crippen LogP contribution is 2.30. The zero-order chi connectivity index (χ0) is 21.5. The van der Waals surface area contributed by atoms with Gasteiger partial charge < -0.3 is 25.0 Å². The van der Waals surface area contributed by atoms with E-state index in [1.54, 1.807) is 4.90 Å². The number of ether oxygens (including phenoxy) is 2. The standard InChI is InChI=1S/C23H26N4O4/c1-14-10-16-11-15(2-3-20(16)31-14)22(28)27-5-4-19-17(13-27)12-18(21(24)25-19)23(29)26-6-8-30-9-7-26/h2-3,11-12,14H,4-10,13H2,1H3,(H2,24,25)/t14-/m0/s1. The summed E-state index contributed by atoms with van der Waals surface area (Å²) in [5.41, 5.74) is 9.99. The zero-order valence-electron chi connectivity index (χ0n) is 17.6. The smallest absolute Gasteiger partial charge is 0.257 e. The van der Waals surface area contributed by atoms with E-state index in [-0.39, 0.29) is 23.7 Å². The molecular weight excluding hydrogens is 396 g/mol. The quantitative estimate of drug-likeness (QED) is 0.791. The molecule has 4 heterocycles. The Kier molecular flexibility index (Phi) is 5.02. The molecule has 0 saturated carbocycles. The number of anilines is 1. The number of morpholine rings is 1. The molecule has 0 spiro atoms. The van der Waals surface area contributed by atoms with Crippen molar-refractivity contribution in [3.63, 3.8) is 0 Å². The van der Waals surface area contributed by atoms with E-state index in [9.17, 15) is 9.59 Å². The number of nitrogen functional groups attached to an aromatic ring is 1. The van der Waals surface area contributed by atoms with Crippen molar-refractivity contribution >= 4 is 17.6 Å². The Bertz CT molecular complexity index is 1050. The molecule has 8 heteroatoms. The molecular formula is C23H26N4O4. The minimum absolute atomic E-state index is 0.0223. The van der Waals surface area contributed by atoms with Crippen LogP contribution in [0.25, 0.3) is 0 Å². The van der Waals surface area contributed by atoms with Crippen molar-refractivity contribution in [3.8, 4) is 5.75 Å². The van der Waals surface area contributed by atoms with E-state index in [0.717, 1.165) is 29.0 Å². The second-order valence-electron chi connectivity index (χ2n) is 8.36. The predicted molar refractivity (Wildman–Crippen MR) is 114 cm³/mol. The van der Waals surface area contributed by atoms with Gasteiger partial charge in [-0.3, -0.25) is 9.59 Å². The Hall–Kier alpha value is -3.13. The van der Waals surface area contributed by atoms with Crippen molar-refractivity contribution in [1.82, 2.24) is 14.8 Å². The lowest BCUT2D eigenvalue weighted by molar-refractivity contribution is 0.0303. The topological polar surface area (TPSA) is 98.0 Å². The zero-order valence-corrected chi connectivity index (χ0v) is 17.6. The minimum Gasteiger partial charge on any atom is -0.490 e. The molecule has 1 aromatic heterocycles. The summed E-state index contributed by atoms with van der Waals surface area (Å²) >= 11 is 0. The summed E-state index contributed by atoms with van der Waals surface area (Å²) in [6.45, 7) is 5.14. The number of nitrogens with zero attached hydrogens (tertiary/aromatic N) is 3. The van der Waals surface area contributed by atoms with E-state index in [0.29, 0.717) is 56.9 Å². The van der Waals surface area contributed by atoms with Crippen LogP contribution in [0, 0.1) is 0 Å². The molecule has 8 nitrogen and oxygen atoms in total. The molecule has 3 aliphatic heterocycles. The number of hydrogen-bond donors (Lipinski definition) is 1. The lowest BCUT2D eigenvalue weighted by Crippen LogP contribution is -2.41. The first kappa shape index (κ1) is 19.8. The monoisotopic (exact) mass is 422 g/mol. The maximum absolute atomic E-state index is 13.2. The second kappa shape index (κ2) is 7.85. The van der Waals surface area contributed by atoms with Crippen molar-refractivity contribution in [3.05, 3.63) is 52.2 Å². The number of pyridine rings is 1. The Morgan fingerprint density at radius 2 is 1.87 bits per heavy atom. The Morgan fingerprint density at radius 3 is 2.68 bits per heavy atom. The van der Waals surface area contributed by atoms with Gasteiger partial charge >= 0.3 is 0 Å². The fourth-order valence-electron chi connectivity index (χ4n) is 4.51. The van der Waals surface area contributed by atoms with Crippen LogP contribution in [0.2, 0.25) is 0 Å². The number of hydrogen-bond acceptors (Lipinski definition) is 6. The number of fused-ring (bicyclic) bond motifs is 2. The van der Waals surface area contributed by atoms with Crippen LogP contribution >= 0.6 is 0 Å². The maximum Gasteiger partial charge on any atom is 0.257 e. The van der Waals surface area contributed by atoms with Gasteiger partial charge in [0.1, 0.15) is 17.7 Å². The van der Waals surface area contributed by atoms with Crippen molar-refractivity contribution in [2.45, 2.75) is 32.4 Å². The number of rotatable bonds is 2. The highest BCUT2D eigenvalue weighted by Gasteiger charge is 2.28. The molecule has 3 aliphatic rings. The molecule has 0 bridgehead atoms. The Labute approximate surface area is 180 Å². The van der Waals surface area contributed by atoms with Gasteiger partial charge in [0.25, 0.3) is 11.8 Å². The lowest BCUT2D eigenvalue weighted by Gasteiger charge is -2.30. The van der Waals surface area contributed by atoms with Crippen LogP contribution in [-0.2, 0) is 24.1 Å². The van der Waals surface area contributed by atoms with Gasteiger partial charge in [0.05, 0.1) is 18.8 Å². The summed E-state index contributed by atoms with van der Waals surface area (Å²) in [6.07, 6.45) is 1.57. The van der Waals surface area contributed by atoms with Crippen molar-refractivity contribution in [1.29, 1.82) is 0 Å². The van der Waals surface area contributed by atoms with Crippen LogP contribution in [0.4, 0.5) is 5.82 Å². The van der Waals surface area contributed by atoms with E-state index >= 15 is 0 Å². The third-order valence-corrected chi connectivity index (χ3v) is 6.16. The van der Waals surface area contributed by atoms with Gasteiger partial charge in [0.15, 0.2) is 0 Å². The van der Waals surface area contributed by atoms with E-state index in [2.05, 4.69) is 4.98 Å². The first-order chi connectivity index (χ1) is 15.0. The number of carbonyl (C=O) groups is 2. The number of benzene rings is 1. The molecule has 0 aliphatic carbocycles. The summed E-state index contributed by atoms with van der Waals surface area (Å²) in [4.78, 5) is 34.2. The summed E-state index contributed by atoms with van der Waals surface area (Å²) < 4.78 is 11.1. The van der Waals surface area contributed by atoms with Crippen molar-refractivity contribution < 1.29 is 19.1 Å². The molecule has 31 heavy (non-hydrogen) atoms. The molecule has 2 aromatic rings. The van der Waals surface area contributed by atoms with Gasteiger partial charge in [-0.15, -0.1) is 0 Å². The largest absolute Gasteiger partial charge is 0.490 e. The Morgan fingerprint density at radius 1 is 1.06 bits per heavy atom. The van der Waals surface area contributed by atoms with Crippen LogP contribution < -0.4 is 10.5 Å². The van der Waals surface area contributed by atoms with Gasteiger partial charge in [0.2, 0.25) is 0 Å². The average molecular weight is 422 g/mol. The molecule has 2 N–H and O–H groups in total. The van der Waals surface area contributed by atoms with Crippen LogP contribution in [0.15, 0.2) is 24.3 Å². The van der Waals surface area contributed by atoms with Gasteiger partial charge in [0, 0.05) is 50.3 Å². The van der Waals surface area contributed by atoms with Crippen molar-refractivity contribution in [2.24, 2.45) is 0 Å². The van der Waals surface area contributed by atoms with Gasteiger partial charge in [-0.2, -0.15) is 0 Å². The highest BCUT2D eigenvalue weighted by molar-refractivity contribution is 5.99. The average Bonchev–Trinajstić information content (AvgIpc) is 3.17. The van der Waals surface area contributed by atoms with E-state index < -0.39 is 0 Å². The van der Waals surface area contributed by atoms with Crippen LogP contribution in [0.5, 0.6) is 5.75 Å². The number of aromatic nitrogens is 1. The predicted octanol–water partition coefficient (Wildman–Crippen LogP) is 1.66. The third-order valence-electron chi connectivity index (χ3n) is 6.16. The summed E-state index contributed by atoms with van der Waals surface area (Å²) in [7, 11) is 0. The molecule has 1 aromatic carbocycles. The van der Waals surface area contributed by atoms with E-state index in [4.69, 9.17) is 15.2 Å². The van der Waals surface area contributed by atoms with Gasteiger partial charge in [-0.1, -0.05) is 0 Å². The molecule has 1 saturated heterocycles. The summed E-state index contributed by atoms with van der Waals surface area (Å²) in [6, 6.07) is 7.45. The third kappa shape index (κ3) is 3.72. The van der Waals surface area contributed by atoms with Crippen LogP contribution in [-0.4, -0.2) is 65.6 Å². The minimum atomic E-state index is -0.132. The maximum atomic E-state index is 13.2. The van der Waals surface area contributed by atoms with Gasteiger partial charge in [-0.25, -0.2) is 4.98 Å². The normalized spacial score (nSPS) is 20.1. The highest BCUT2D eigenvalue weighted by atomic mass is 16.5. The molecule has 1 fully saturated rings. The molecule has 0 radical (unpaired) electrons. The molecule has 162 valence electrons. The van der Waals surface area contributed by atoms with Crippen LogP contribution in [0.3, 0.4) is 0 Å². The summed E-state index contributed by atoms with van der Waals surface area (Å²) in [5, 5.41) is 0. The van der Waals surface area contributed by atoms with Crippen LogP contribution in [0.1, 0.15) is 44.5 Å². The molecule has 0 unspecified atom stereocenters. The fraction of sp³-hybridized carbons (Fsp3) is 0.435. The van der Waals surface area contributed by atoms with Gasteiger partial charge in [-0.05, 0) is 42.3 Å². The first-order valence-electron chi connectivity index (χ1n) is 10.7. The molecule has 1 atom stereocenters. The lowest BCUT2D eigenvalue weighted by atomic mass is 10.0. The fourth-order valence-corrected chi connectivity index (χ4v) is 4.51. The Balaban J connectivity index is 1.36.